The fraction of sp³-hybridized carbons (Fsp3) is 0.600. The number of benzene rings is 1. The van der Waals surface area contributed by atoms with Crippen LogP contribution in [0.1, 0.15) is 31.4 Å². The monoisotopic (exact) mass is 362 g/mol. The molecule has 0 aliphatic carbocycles. The van der Waals surface area contributed by atoms with Crippen LogP contribution in [0.4, 0.5) is 30.7 Å². The molecule has 2 nitrogen and oxygen atoms in total. The highest BCUT2D eigenvalue weighted by Gasteiger charge is 2.73. The lowest BCUT2D eigenvalue weighted by molar-refractivity contribution is -0.358. The molecular formula is C15H17F7O2. The Bertz CT molecular complexity index is 512. The van der Waals surface area contributed by atoms with Crippen molar-refractivity contribution in [2.24, 2.45) is 0 Å². The predicted molar refractivity (Wildman–Crippen MR) is 72.5 cm³/mol. The maximum atomic E-state index is 13.5. The van der Waals surface area contributed by atoms with Crippen molar-refractivity contribution >= 4 is 0 Å². The topological polar surface area (TPSA) is 18.5 Å². The van der Waals surface area contributed by atoms with Gasteiger partial charge in [-0.25, -0.2) is 0 Å². The van der Waals surface area contributed by atoms with Crippen molar-refractivity contribution < 1.29 is 40.2 Å². The third-order valence-corrected chi connectivity index (χ3v) is 3.27. The maximum Gasteiger partial charge on any atom is 0.459 e. The standard InChI is InChI=1S/C15H17F7O2/c1-3-8-24-11-6-4-10(5-7-11)12(23-2)9-13(16,17)14(18,19)15(20,21)22/h4-7,12H,3,8-9H2,1-2H3. The van der Waals surface area contributed by atoms with Crippen LogP contribution in [-0.4, -0.2) is 31.7 Å². The minimum absolute atomic E-state index is 0.0407. The van der Waals surface area contributed by atoms with Gasteiger partial charge >= 0.3 is 18.0 Å². The zero-order chi connectivity index (χ0) is 18.6. The molecule has 0 N–H and O–H groups in total. The highest BCUT2D eigenvalue weighted by atomic mass is 19.4. The third kappa shape index (κ3) is 4.52. The van der Waals surface area contributed by atoms with Gasteiger partial charge in [-0.2, -0.15) is 30.7 Å². The first-order chi connectivity index (χ1) is 11.0. The van der Waals surface area contributed by atoms with Crippen molar-refractivity contribution in [3.8, 4) is 5.75 Å². The van der Waals surface area contributed by atoms with E-state index in [9.17, 15) is 30.7 Å². The Labute approximate surface area is 134 Å². The van der Waals surface area contributed by atoms with Gasteiger partial charge in [-0.3, -0.25) is 0 Å². The van der Waals surface area contributed by atoms with E-state index < -0.39 is 30.5 Å². The van der Waals surface area contributed by atoms with E-state index in [0.717, 1.165) is 13.5 Å². The van der Waals surface area contributed by atoms with Crippen molar-refractivity contribution in [1.82, 2.24) is 0 Å². The number of hydrogen-bond donors (Lipinski definition) is 0. The SMILES string of the molecule is CCCOc1ccc(C(CC(F)(F)C(F)(F)C(F)(F)F)OC)cc1. The molecule has 1 rings (SSSR count). The van der Waals surface area contributed by atoms with Crippen molar-refractivity contribution in [1.29, 1.82) is 0 Å². The number of rotatable bonds is 8. The van der Waals surface area contributed by atoms with Gasteiger partial charge in [0.1, 0.15) is 5.75 Å². The molecule has 9 heteroatoms. The molecule has 0 heterocycles. The molecule has 0 fully saturated rings. The quantitative estimate of drug-likeness (QED) is 0.578. The fourth-order valence-electron chi connectivity index (χ4n) is 1.90. The Morgan fingerprint density at radius 3 is 1.92 bits per heavy atom. The summed E-state index contributed by atoms with van der Waals surface area (Å²) in [5.41, 5.74) is 0.0407. The normalized spacial score (nSPS) is 14.5. The van der Waals surface area contributed by atoms with Crippen LogP contribution < -0.4 is 4.74 Å². The Morgan fingerprint density at radius 1 is 0.958 bits per heavy atom. The molecule has 1 unspecified atom stereocenters. The summed E-state index contributed by atoms with van der Waals surface area (Å²) >= 11 is 0. The molecular weight excluding hydrogens is 345 g/mol. The minimum Gasteiger partial charge on any atom is -0.494 e. The molecule has 0 aromatic heterocycles. The lowest BCUT2D eigenvalue weighted by Gasteiger charge is -2.30. The van der Waals surface area contributed by atoms with Crippen molar-refractivity contribution in [3.05, 3.63) is 29.8 Å². The Morgan fingerprint density at radius 2 is 1.50 bits per heavy atom. The second-order valence-corrected chi connectivity index (χ2v) is 5.12. The van der Waals surface area contributed by atoms with E-state index in [1.807, 2.05) is 6.92 Å². The third-order valence-electron chi connectivity index (χ3n) is 3.27. The zero-order valence-corrected chi connectivity index (χ0v) is 13.0. The average molecular weight is 362 g/mol. The summed E-state index contributed by atoms with van der Waals surface area (Å²) in [6, 6.07) is 5.36. The smallest absolute Gasteiger partial charge is 0.459 e. The molecule has 24 heavy (non-hydrogen) atoms. The van der Waals surface area contributed by atoms with Crippen LogP contribution in [-0.2, 0) is 4.74 Å². The number of halogens is 7. The second-order valence-electron chi connectivity index (χ2n) is 5.12. The highest BCUT2D eigenvalue weighted by Crippen LogP contribution is 2.50. The summed E-state index contributed by atoms with van der Waals surface area (Å²) in [6.45, 7) is 2.29. The minimum atomic E-state index is -6.35. The van der Waals surface area contributed by atoms with Crippen LogP contribution >= 0.6 is 0 Å². The largest absolute Gasteiger partial charge is 0.494 e. The van der Waals surface area contributed by atoms with Crippen molar-refractivity contribution in [2.45, 2.75) is 43.9 Å². The molecule has 0 bridgehead atoms. The summed E-state index contributed by atoms with van der Waals surface area (Å²) in [4.78, 5) is 0. The molecule has 0 spiro atoms. The van der Waals surface area contributed by atoms with Crippen LogP contribution in [0.15, 0.2) is 24.3 Å². The molecule has 0 saturated carbocycles. The Balaban J connectivity index is 2.94. The molecule has 0 aliphatic heterocycles. The first-order valence-electron chi connectivity index (χ1n) is 7.04. The summed E-state index contributed by atoms with van der Waals surface area (Å²) in [5, 5.41) is 0. The van der Waals surface area contributed by atoms with Gasteiger partial charge < -0.3 is 9.47 Å². The van der Waals surface area contributed by atoms with Gasteiger partial charge in [0.25, 0.3) is 0 Å². The van der Waals surface area contributed by atoms with Gasteiger partial charge in [0.05, 0.1) is 12.7 Å². The summed E-state index contributed by atoms with van der Waals surface area (Å²) in [7, 11) is 0.952. The van der Waals surface area contributed by atoms with Gasteiger partial charge in [0.15, 0.2) is 0 Å². The zero-order valence-electron chi connectivity index (χ0n) is 13.0. The van der Waals surface area contributed by atoms with Crippen LogP contribution in [0.2, 0.25) is 0 Å². The van der Waals surface area contributed by atoms with Crippen molar-refractivity contribution in [3.63, 3.8) is 0 Å². The number of alkyl halides is 7. The summed E-state index contributed by atoms with van der Waals surface area (Å²) in [5.74, 6) is -11.0. The fourth-order valence-corrected chi connectivity index (χ4v) is 1.90. The average Bonchev–Trinajstić information content (AvgIpc) is 2.50. The lowest BCUT2D eigenvalue weighted by Crippen LogP contribution is -2.52. The first kappa shape index (κ1) is 20.5. The van der Waals surface area contributed by atoms with Crippen LogP contribution in [0, 0.1) is 0 Å². The molecule has 0 radical (unpaired) electrons. The van der Waals surface area contributed by atoms with E-state index in [4.69, 9.17) is 4.74 Å². The molecule has 0 saturated heterocycles. The summed E-state index contributed by atoms with van der Waals surface area (Å²) in [6.07, 6.45) is -9.06. The molecule has 1 atom stereocenters. The first-order valence-corrected chi connectivity index (χ1v) is 7.04. The van der Waals surface area contributed by atoms with Crippen LogP contribution in [0.25, 0.3) is 0 Å². The number of methoxy groups -OCH3 is 1. The Kier molecular flexibility index (Phi) is 6.49. The van der Waals surface area contributed by atoms with E-state index in [-0.39, 0.29) is 5.56 Å². The van der Waals surface area contributed by atoms with Crippen LogP contribution in [0.5, 0.6) is 5.75 Å². The summed E-state index contributed by atoms with van der Waals surface area (Å²) < 4.78 is 99.4. The maximum absolute atomic E-state index is 13.5. The Hall–Kier alpha value is -1.51. The van der Waals surface area contributed by atoms with Gasteiger partial charge in [-0.1, -0.05) is 19.1 Å². The number of ether oxygens (including phenoxy) is 2. The van der Waals surface area contributed by atoms with E-state index in [2.05, 4.69) is 4.74 Å². The van der Waals surface area contributed by atoms with E-state index in [1.165, 1.54) is 24.3 Å². The van der Waals surface area contributed by atoms with Crippen LogP contribution in [0.3, 0.4) is 0 Å². The van der Waals surface area contributed by atoms with Crippen molar-refractivity contribution in [2.75, 3.05) is 13.7 Å². The van der Waals surface area contributed by atoms with E-state index in [0.29, 0.717) is 12.4 Å². The number of hydrogen-bond acceptors (Lipinski definition) is 2. The van der Waals surface area contributed by atoms with Gasteiger partial charge in [-0.15, -0.1) is 0 Å². The lowest BCUT2D eigenvalue weighted by atomic mass is 9.98. The molecule has 138 valence electrons. The predicted octanol–water partition coefficient (Wildman–Crippen LogP) is 5.39. The second kappa shape index (κ2) is 7.58. The molecule has 0 aliphatic rings. The van der Waals surface area contributed by atoms with E-state index in [1.54, 1.807) is 0 Å². The molecule has 1 aromatic carbocycles. The van der Waals surface area contributed by atoms with Gasteiger partial charge in [-0.05, 0) is 24.1 Å². The van der Waals surface area contributed by atoms with Gasteiger partial charge in [0, 0.05) is 13.5 Å². The van der Waals surface area contributed by atoms with E-state index >= 15 is 0 Å². The molecule has 0 amide bonds. The molecule has 1 aromatic rings. The van der Waals surface area contributed by atoms with Gasteiger partial charge in [0.2, 0.25) is 0 Å². The highest BCUT2D eigenvalue weighted by molar-refractivity contribution is 5.29.